The van der Waals surface area contributed by atoms with Gasteiger partial charge in [0.15, 0.2) is 0 Å². The van der Waals surface area contributed by atoms with Gasteiger partial charge in [0.2, 0.25) is 5.91 Å². The Morgan fingerprint density at radius 3 is 2.46 bits per heavy atom. The van der Waals surface area contributed by atoms with Crippen LogP contribution in [0.1, 0.15) is 55.3 Å². The Kier molecular flexibility index (Phi) is 6.30. The fourth-order valence-electron chi connectivity index (χ4n) is 3.86. The number of benzene rings is 1. The second kappa shape index (κ2) is 8.67. The van der Waals surface area contributed by atoms with Gasteiger partial charge in [-0.3, -0.25) is 14.5 Å². The Balaban J connectivity index is 1.56. The molecule has 0 atom stereocenters. The van der Waals surface area contributed by atoms with E-state index in [0.717, 1.165) is 12.5 Å². The number of carbonyl (C=O) groups is 2. The number of hydrogen-bond acceptors (Lipinski definition) is 3. The maximum atomic E-state index is 12.6. The maximum absolute atomic E-state index is 12.6. The summed E-state index contributed by atoms with van der Waals surface area (Å²) in [5.41, 5.74) is 1.28. The summed E-state index contributed by atoms with van der Waals surface area (Å²) in [6.07, 6.45) is 9.07. The number of nitrogens with zero attached hydrogens (tertiary/aromatic N) is 2. The smallest absolute Gasteiger partial charge is 0.253 e. The summed E-state index contributed by atoms with van der Waals surface area (Å²) >= 11 is 0. The highest BCUT2D eigenvalue weighted by Gasteiger charge is 2.32. The number of rotatable bonds is 7. The first-order chi connectivity index (χ1) is 12.5. The zero-order valence-electron chi connectivity index (χ0n) is 16.0. The van der Waals surface area contributed by atoms with E-state index >= 15 is 0 Å². The van der Waals surface area contributed by atoms with Crippen molar-refractivity contribution in [3.8, 4) is 0 Å². The molecule has 0 unspecified atom stereocenters. The first-order valence-corrected chi connectivity index (χ1v) is 9.88. The minimum Gasteiger partial charge on any atom is -0.345 e. The average molecular weight is 357 g/mol. The van der Waals surface area contributed by atoms with Crippen molar-refractivity contribution in [1.29, 1.82) is 0 Å². The second-order valence-electron chi connectivity index (χ2n) is 7.99. The second-order valence-corrected chi connectivity index (χ2v) is 7.99. The van der Waals surface area contributed by atoms with E-state index < -0.39 is 0 Å². The van der Waals surface area contributed by atoms with Gasteiger partial charge in [0, 0.05) is 37.9 Å². The standard InChI is InChI=1S/C21H31N3O2/c1-23(2)21(26)17-9-6-10-18(13-17)22-20(25)15-24(19-11-12-19)14-16-7-4-3-5-8-16/h6,9-10,13,16,19H,3-5,7-8,11-12,14-15H2,1-2H3,(H,22,25). The van der Waals surface area contributed by atoms with Crippen molar-refractivity contribution in [3.63, 3.8) is 0 Å². The summed E-state index contributed by atoms with van der Waals surface area (Å²) in [6, 6.07) is 7.77. The third-order valence-corrected chi connectivity index (χ3v) is 5.43. The predicted molar refractivity (Wildman–Crippen MR) is 104 cm³/mol. The van der Waals surface area contributed by atoms with Crippen LogP contribution in [0, 0.1) is 5.92 Å². The highest BCUT2D eigenvalue weighted by Crippen LogP contribution is 2.31. The molecular weight excluding hydrogens is 326 g/mol. The molecular formula is C21H31N3O2. The molecule has 1 N–H and O–H groups in total. The van der Waals surface area contributed by atoms with Crippen LogP contribution in [0.15, 0.2) is 24.3 Å². The number of hydrogen-bond donors (Lipinski definition) is 1. The SMILES string of the molecule is CN(C)C(=O)c1cccc(NC(=O)CN(CC2CCCCC2)C2CC2)c1. The van der Waals surface area contributed by atoms with Crippen LogP contribution in [0.3, 0.4) is 0 Å². The van der Waals surface area contributed by atoms with E-state index in [4.69, 9.17) is 0 Å². The molecule has 1 aromatic carbocycles. The summed E-state index contributed by atoms with van der Waals surface area (Å²) in [5, 5.41) is 2.98. The summed E-state index contributed by atoms with van der Waals surface area (Å²) in [7, 11) is 3.46. The average Bonchev–Trinajstić information content (AvgIpc) is 3.46. The molecule has 2 amide bonds. The van der Waals surface area contributed by atoms with Crippen LogP contribution in [-0.4, -0.2) is 54.8 Å². The minimum absolute atomic E-state index is 0.0159. The van der Waals surface area contributed by atoms with Gasteiger partial charge >= 0.3 is 0 Å². The molecule has 3 rings (SSSR count). The van der Waals surface area contributed by atoms with E-state index in [2.05, 4.69) is 10.2 Å². The lowest BCUT2D eigenvalue weighted by atomic mass is 9.89. The summed E-state index contributed by atoms with van der Waals surface area (Å²) in [4.78, 5) is 28.6. The first-order valence-electron chi connectivity index (χ1n) is 9.88. The molecule has 2 fully saturated rings. The molecule has 2 aliphatic rings. The molecule has 26 heavy (non-hydrogen) atoms. The largest absolute Gasteiger partial charge is 0.345 e. The Morgan fingerprint density at radius 1 is 1.08 bits per heavy atom. The molecule has 0 aromatic heterocycles. The molecule has 0 heterocycles. The van der Waals surface area contributed by atoms with Gasteiger partial charge < -0.3 is 10.2 Å². The van der Waals surface area contributed by atoms with Crippen LogP contribution in [0.5, 0.6) is 0 Å². The van der Waals surface area contributed by atoms with Crippen molar-refractivity contribution in [1.82, 2.24) is 9.80 Å². The molecule has 0 saturated heterocycles. The number of anilines is 1. The van der Waals surface area contributed by atoms with E-state index in [1.54, 1.807) is 31.1 Å². The molecule has 142 valence electrons. The molecule has 0 aliphatic heterocycles. The fraction of sp³-hybridized carbons (Fsp3) is 0.619. The lowest BCUT2D eigenvalue weighted by Gasteiger charge is -2.29. The van der Waals surface area contributed by atoms with Crippen molar-refractivity contribution < 1.29 is 9.59 Å². The molecule has 1 aromatic rings. The Morgan fingerprint density at radius 2 is 1.81 bits per heavy atom. The number of nitrogens with one attached hydrogen (secondary N) is 1. The predicted octanol–water partition coefficient (Wildman–Crippen LogP) is 3.37. The maximum Gasteiger partial charge on any atom is 0.253 e. The molecule has 2 saturated carbocycles. The van der Waals surface area contributed by atoms with Crippen molar-refractivity contribution in [2.24, 2.45) is 5.92 Å². The zero-order valence-corrected chi connectivity index (χ0v) is 16.0. The van der Waals surface area contributed by atoms with Gasteiger partial charge in [-0.05, 0) is 49.8 Å². The van der Waals surface area contributed by atoms with E-state index in [1.807, 2.05) is 12.1 Å². The van der Waals surface area contributed by atoms with E-state index in [-0.39, 0.29) is 11.8 Å². The van der Waals surface area contributed by atoms with Gasteiger partial charge in [0.1, 0.15) is 0 Å². The van der Waals surface area contributed by atoms with Crippen LogP contribution in [0.2, 0.25) is 0 Å². The van der Waals surface area contributed by atoms with Crippen molar-refractivity contribution in [2.75, 3.05) is 32.5 Å². The summed E-state index contributed by atoms with van der Waals surface area (Å²) in [5.74, 6) is 0.707. The summed E-state index contributed by atoms with van der Waals surface area (Å²) < 4.78 is 0. The highest BCUT2D eigenvalue weighted by atomic mass is 16.2. The van der Waals surface area contributed by atoms with Gasteiger partial charge in [-0.25, -0.2) is 0 Å². The first kappa shape index (κ1) is 18.9. The number of amides is 2. The van der Waals surface area contributed by atoms with Crippen LogP contribution < -0.4 is 5.32 Å². The van der Waals surface area contributed by atoms with Gasteiger partial charge in [0.25, 0.3) is 5.91 Å². The van der Waals surface area contributed by atoms with Crippen LogP contribution in [0.25, 0.3) is 0 Å². The minimum atomic E-state index is -0.0574. The molecule has 0 bridgehead atoms. The van der Waals surface area contributed by atoms with Crippen molar-refractivity contribution in [2.45, 2.75) is 51.0 Å². The van der Waals surface area contributed by atoms with Gasteiger partial charge in [-0.2, -0.15) is 0 Å². The fourth-order valence-corrected chi connectivity index (χ4v) is 3.86. The Bertz CT molecular complexity index is 634. The quantitative estimate of drug-likeness (QED) is 0.814. The topological polar surface area (TPSA) is 52.7 Å². The molecule has 0 spiro atoms. The van der Waals surface area contributed by atoms with Gasteiger partial charge in [-0.1, -0.05) is 25.3 Å². The number of carbonyl (C=O) groups excluding carboxylic acids is 2. The molecule has 5 heteroatoms. The lowest BCUT2D eigenvalue weighted by Crippen LogP contribution is -2.38. The van der Waals surface area contributed by atoms with Crippen LogP contribution in [-0.2, 0) is 4.79 Å². The van der Waals surface area contributed by atoms with Crippen LogP contribution >= 0.6 is 0 Å². The third kappa shape index (κ3) is 5.31. The van der Waals surface area contributed by atoms with Crippen molar-refractivity contribution >= 4 is 17.5 Å². The van der Waals surface area contributed by atoms with Gasteiger partial charge in [0.05, 0.1) is 6.54 Å². The Hall–Kier alpha value is -1.88. The third-order valence-electron chi connectivity index (χ3n) is 5.43. The van der Waals surface area contributed by atoms with E-state index in [0.29, 0.717) is 23.8 Å². The van der Waals surface area contributed by atoms with E-state index in [9.17, 15) is 9.59 Å². The normalized spacial score (nSPS) is 18.0. The lowest BCUT2D eigenvalue weighted by molar-refractivity contribution is -0.117. The molecule has 0 radical (unpaired) electrons. The monoisotopic (exact) mass is 357 g/mol. The molecule has 5 nitrogen and oxygen atoms in total. The van der Waals surface area contributed by atoms with Gasteiger partial charge in [-0.15, -0.1) is 0 Å². The van der Waals surface area contributed by atoms with Crippen LogP contribution in [0.4, 0.5) is 5.69 Å². The zero-order chi connectivity index (χ0) is 18.5. The van der Waals surface area contributed by atoms with E-state index in [1.165, 1.54) is 44.9 Å². The highest BCUT2D eigenvalue weighted by molar-refractivity contribution is 5.97. The summed E-state index contributed by atoms with van der Waals surface area (Å²) in [6.45, 7) is 1.50. The molecule has 2 aliphatic carbocycles. The Labute approximate surface area is 156 Å². The van der Waals surface area contributed by atoms with Crippen molar-refractivity contribution in [3.05, 3.63) is 29.8 Å².